The zero-order valence-corrected chi connectivity index (χ0v) is 14.4. The van der Waals surface area contributed by atoms with Crippen LogP contribution in [0, 0.1) is 0 Å². The normalized spacial score (nSPS) is 16.5. The Morgan fingerprint density at radius 1 is 1.13 bits per heavy atom. The van der Waals surface area contributed by atoms with Crippen molar-refractivity contribution in [2.24, 2.45) is 0 Å². The first-order chi connectivity index (χ1) is 10.7. The van der Waals surface area contributed by atoms with Gasteiger partial charge in [-0.1, -0.05) is 12.1 Å². The summed E-state index contributed by atoms with van der Waals surface area (Å²) in [6.45, 7) is 6.87. The van der Waals surface area contributed by atoms with Crippen molar-refractivity contribution in [2.45, 2.75) is 32.3 Å². The zero-order valence-electron chi connectivity index (χ0n) is 14.4. The average molecular weight is 319 g/mol. The largest absolute Gasteiger partial charge is 0.444 e. The lowest BCUT2D eigenvalue weighted by molar-refractivity contribution is 0.0636. The van der Waals surface area contributed by atoms with E-state index in [-0.39, 0.29) is 11.9 Å². The van der Waals surface area contributed by atoms with Crippen molar-refractivity contribution in [1.29, 1.82) is 0 Å². The number of nitrogens with zero attached hydrogens (tertiary/aromatic N) is 2. The van der Waals surface area contributed by atoms with E-state index in [0.717, 1.165) is 5.56 Å². The van der Waals surface area contributed by atoms with Crippen molar-refractivity contribution < 1.29 is 14.3 Å². The summed E-state index contributed by atoms with van der Waals surface area (Å²) in [5.74, 6) is 0.262. The quantitative estimate of drug-likeness (QED) is 0.911. The number of benzene rings is 1. The minimum atomic E-state index is -0.520. The maximum absolute atomic E-state index is 11.8. The third-order valence-corrected chi connectivity index (χ3v) is 3.67. The molecule has 1 aromatic carbocycles. The van der Waals surface area contributed by atoms with Crippen LogP contribution in [0.3, 0.4) is 0 Å². The van der Waals surface area contributed by atoms with Gasteiger partial charge in [-0.15, -0.1) is 0 Å². The molecule has 1 aromatic rings. The molecule has 1 aliphatic rings. The lowest BCUT2D eigenvalue weighted by Gasteiger charge is -2.36. The monoisotopic (exact) mass is 319 g/mol. The predicted octanol–water partition coefficient (Wildman–Crippen LogP) is 3.11. The Hall–Kier alpha value is -2.24. The Labute approximate surface area is 137 Å². The van der Waals surface area contributed by atoms with Crippen LogP contribution in [0.4, 0.5) is 15.3 Å². The van der Waals surface area contributed by atoms with Gasteiger partial charge in [-0.25, -0.2) is 9.59 Å². The van der Waals surface area contributed by atoms with Crippen LogP contribution in [0.25, 0.3) is 0 Å². The second-order valence-electron chi connectivity index (χ2n) is 6.99. The zero-order chi connectivity index (χ0) is 17.2. The van der Waals surface area contributed by atoms with E-state index in [2.05, 4.69) is 5.32 Å². The molecular formula is C17H25N3O3. The summed E-state index contributed by atoms with van der Waals surface area (Å²) in [5, 5.41) is 2.72. The van der Waals surface area contributed by atoms with Gasteiger partial charge < -0.3 is 14.5 Å². The summed E-state index contributed by atoms with van der Waals surface area (Å²) in [4.78, 5) is 27.0. The summed E-state index contributed by atoms with van der Waals surface area (Å²) < 4.78 is 5.23. The lowest BCUT2D eigenvalue weighted by Crippen LogP contribution is -2.48. The fourth-order valence-electron chi connectivity index (χ4n) is 2.64. The molecule has 2 rings (SSSR count). The Bertz CT molecular complexity index is 564. The summed E-state index contributed by atoms with van der Waals surface area (Å²) in [6, 6.07) is 7.72. The van der Waals surface area contributed by atoms with Gasteiger partial charge >= 0.3 is 12.1 Å². The van der Waals surface area contributed by atoms with E-state index >= 15 is 0 Å². The second-order valence-corrected chi connectivity index (χ2v) is 6.99. The highest BCUT2D eigenvalue weighted by Gasteiger charge is 2.27. The molecule has 1 heterocycles. The van der Waals surface area contributed by atoms with Crippen LogP contribution in [0.15, 0.2) is 24.3 Å². The van der Waals surface area contributed by atoms with Crippen LogP contribution in [-0.2, 0) is 4.74 Å². The van der Waals surface area contributed by atoms with E-state index in [0.29, 0.717) is 18.8 Å². The first-order valence-electron chi connectivity index (χ1n) is 7.72. The molecule has 0 atom stereocenters. The third-order valence-electron chi connectivity index (χ3n) is 3.67. The Balaban J connectivity index is 2.00. The minimum Gasteiger partial charge on any atom is -0.444 e. The summed E-state index contributed by atoms with van der Waals surface area (Å²) in [5.41, 5.74) is 1.32. The maximum atomic E-state index is 11.8. The maximum Gasteiger partial charge on any atom is 0.412 e. The number of likely N-dealkylation sites (N-methyl/N-ethyl adjacent to an activating group) is 2. The predicted molar refractivity (Wildman–Crippen MR) is 89.7 cm³/mol. The van der Waals surface area contributed by atoms with Crippen molar-refractivity contribution in [3.63, 3.8) is 0 Å². The number of rotatable bonds is 2. The van der Waals surface area contributed by atoms with Gasteiger partial charge in [-0.05, 0) is 38.5 Å². The summed E-state index contributed by atoms with van der Waals surface area (Å²) >= 11 is 0. The molecule has 0 bridgehead atoms. The van der Waals surface area contributed by atoms with Gasteiger partial charge in [0, 0.05) is 38.8 Å². The van der Waals surface area contributed by atoms with Crippen molar-refractivity contribution in [3.8, 4) is 0 Å². The van der Waals surface area contributed by atoms with Crippen LogP contribution >= 0.6 is 0 Å². The van der Waals surface area contributed by atoms with Gasteiger partial charge in [0.25, 0.3) is 0 Å². The molecule has 6 heteroatoms. The van der Waals surface area contributed by atoms with E-state index in [1.165, 1.54) is 0 Å². The smallest absolute Gasteiger partial charge is 0.412 e. The Morgan fingerprint density at radius 2 is 1.65 bits per heavy atom. The topological polar surface area (TPSA) is 61.9 Å². The van der Waals surface area contributed by atoms with Crippen molar-refractivity contribution in [1.82, 2.24) is 9.80 Å². The lowest BCUT2D eigenvalue weighted by atomic mass is 9.96. The van der Waals surface area contributed by atoms with Crippen LogP contribution in [-0.4, -0.2) is 54.7 Å². The average Bonchev–Trinajstić information content (AvgIpc) is 2.43. The highest BCUT2D eigenvalue weighted by atomic mass is 16.6. The SMILES string of the molecule is CN1CC(c2ccc(NC(=O)OC(C)(C)C)cc2)CN(C)C1=O. The number of nitrogens with one attached hydrogen (secondary N) is 1. The fraction of sp³-hybridized carbons (Fsp3) is 0.529. The molecular weight excluding hydrogens is 294 g/mol. The molecule has 23 heavy (non-hydrogen) atoms. The van der Waals surface area contributed by atoms with Gasteiger partial charge in [-0.2, -0.15) is 0 Å². The number of amides is 3. The van der Waals surface area contributed by atoms with Gasteiger partial charge in [0.2, 0.25) is 0 Å². The van der Waals surface area contributed by atoms with Gasteiger partial charge in [-0.3, -0.25) is 5.32 Å². The van der Waals surface area contributed by atoms with Gasteiger partial charge in [0.15, 0.2) is 0 Å². The standard InChI is InChI=1S/C17H25N3O3/c1-17(2,3)23-15(21)18-14-8-6-12(7-9-14)13-10-19(4)16(22)20(5)11-13/h6-9,13H,10-11H2,1-5H3,(H,18,21). The van der Waals surface area contributed by atoms with Crippen molar-refractivity contribution in [3.05, 3.63) is 29.8 Å². The second kappa shape index (κ2) is 6.48. The number of urea groups is 1. The van der Waals surface area contributed by atoms with Crippen molar-refractivity contribution in [2.75, 3.05) is 32.5 Å². The van der Waals surface area contributed by atoms with Crippen LogP contribution in [0.5, 0.6) is 0 Å². The minimum absolute atomic E-state index is 0.0458. The molecule has 0 aliphatic carbocycles. The molecule has 1 fully saturated rings. The first-order valence-corrected chi connectivity index (χ1v) is 7.72. The Morgan fingerprint density at radius 3 is 2.13 bits per heavy atom. The number of anilines is 1. The summed E-state index contributed by atoms with van der Waals surface area (Å²) in [7, 11) is 3.62. The molecule has 0 saturated carbocycles. The van der Waals surface area contributed by atoms with Crippen LogP contribution in [0.1, 0.15) is 32.3 Å². The number of hydrogen-bond acceptors (Lipinski definition) is 3. The number of carbonyl (C=O) groups is 2. The molecule has 0 aromatic heterocycles. The van der Waals surface area contributed by atoms with E-state index in [1.54, 1.807) is 9.80 Å². The first kappa shape index (κ1) is 17.1. The van der Waals surface area contributed by atoms with Crippen molar-refractivity contribution >= 4 is 17.8 Å². The molecule has 1 saturated heterocycles. The third kappa shape index (κ3) is 4.61. The number of carbonyl (C=O) groups excluding carboxylic acids is 2. The molecule has 126 valence electrons. The highest BCUT2D eigenvalue weighted by molar-refractivity contribution is 5.84. The molecule has 3 amide bonds. The van der Waals surface area contributed by atoms with Gasteiger partial charge in [0.05, 0.1) is 0 Å². The van der Waals surface area contributed by atoms with E-state index in [9.17, 15) is 9.59 Å². The molecule has 1 N–H and O–H groups in total. The van der Waals surface area contributed by atoms with E-state index < -0.39 is 11.7 Å². The molecule has 0 spiro atoms. The van der Waals surface area contributed by atoms with E-state index in [4.69, 9.17) is 4.74 Å². The molecule has 1 aliphatic heterocycles. The molecule has 6 nitrogen and oxygen atoms in total. The molecule has 0 radical (unpaired) electrons. The van der Waals surface area contributed by atoms with Crippen LogP contribution in [0.2, 0.25) is 0 Å². The Kier molecular flexibility index (Phi) is 4.82. The summed E-state index contributed by atoms with van der Waals surface area (Å²) in [6.07, 6.45) is -0.465. The highest BCUT2D eigenvalue weighted by Crippen LogP contribution is 2.24. The van der Waals surface area contributed by atoms with Crippen LogP contribution < -0.4 is 5.32 Å². The van der Waals surface area contributed by atoms with E-state index in [1.807, 2.05) is 59.1 Å². The number of hydrogen-bond donors (Lipinski definition) is 1. The number of ether oxygens (including phenoxy) is 1. The fourth-order valence-corrected chi connectivity index (χ4v) is 2.64. The molecule has 0 unspecified atom stereocenters. The van der Waals surface area contributed by atoms with Gasteiger partial charge in [0.1, 0.15) is 5.60 Å².